The number of aromatic nitrogens is 3. The zero-order valence-electron chi connectivity index (χ0n) is 19.7. The molecule has 0 atom stereocenters. The highest BCUT2D eigenvalue weighted by Gasteiger charge is 2.23. The van der Waals surface area contributed by atoms with Crippen molar-refractivity contribution in [3.8, 4) is 10.8 Å². The summed E-state index contributed by atoms with van der Waals surface area (Å²) in [5.74, 6) is 1.29. The second-order valence-electron chi connectivity index (χ2n) is 8.41. The van der Waals surface area contributed by atoms with Gasteiger partial charge >= 0.3 is 5.69 Å². The molecule has 0 aliphatic carbocycles. The molecule has 0 aliphatic rings. The van der Waals surface area contributed by atoms with Crippen LogP contribution in [0.15, 0.2) is 92.2 Å². The summed E-state index contributed by atoms with van der Waals surface area (Å²) in [5, 5.41) is 1.96. The third-order valence-electron chi connectivity index (χ3n) is 5.90. The van der Waals surface area contributed by atoms with Crippen molar-refractivity contribution >= 4 is 22.8 Å². The third kappa shape index (κ3) is 4.87. The molecule has 3 heterocycles. The number of rotatable bonds is 8. The zero-order valence-corrected chi connectivity index (χ0v) is 20.5. The van der Waals surface area contributed by atoms with Crippen LogP contribution in [0.5, 0.6) is 0 Å². The minimum Gasteiger partial charge on any atom is -0.440 e. The van der Waals surface area contributed by atoms with Crippen molar-refractivity contribution in [1.82, 2.24) is 14.5 Å². The first kappa shape index (κ1) is 23.4. The van der Waals surface area contributed by atoms with Crippen LogP contribution in [0.3, 0.4) is 0 Å². The number of benzene rings is 2. The van der Waals surface area contributed by atoms with Crippen molar-refractivity contribution < 1.29 is 4.42 Å². The Morgan fingerprint density at radius 1 is 0.972 bits per heavy atom. The summed E-state index contributed by atoms with van der Waals surface area (Å²) < 4.78 is 7.31. The van der Waals surface area contributed by atoms with E-state index in [-0.39, 0.29) is 24.6 Å². The number of aromatic amines is 1. The predicted molar refractivity (Wildman–Crippen MR) is 142 cm³/mol. The molecule has 0 bridgehead atoms. The van der Waals surface area contributed by atoms with Crippen LogP contribution in [0.1, 0.15) is 22.6 Å². The Balaban J connectivity index is 1.57. The molecule has 2 aromatic carbocycles. The second-order valence-corrected chi connectivity index (χ2v) is 9.35. The van der Waals surface area contributed by atoms with E-state index in [0.29, 0.717) is 23.9 Å². The van der Waals surface area contributed by atoms with Crippen molar-refractivity contribution in [2.24, 2.45) is 0 Å². The number of nitrogens with two attached hydrogens (primary N) is 1. The van der Waals surface area contributed by atoms with Crippen LogP contribution in [0.2, 0.25) is 0 Å². The Morgan fingerprint density at radius 3 is 2.33 bits per heavy atom. The summed E-state index contributed by atoms with van der Waals surface area (Å²) in [6.07, 6.45) is 0. The van der Waals surface area contributed by atoms with E-state index in [1.54, 1.807) is 11.3 Å². The van der Waals surface area contributed by atoms with Crippen LogP contribution in [0.25, 0.3) is 10.8 Å². The largest absolute Gasteiger partial charge is 0.440 e. The molecule has 0 saturated carbocycles. The van der Waals surface area contributed by atoms with E-state index >= 15 is 0 Å². The molecule has 3 aromatic heterocycles. The first-order valence-electron chi connectivity index (χ1n) is 11.4. The Labute approximate surface area is 211 Å². The summed E-state index contributed by atoms with van der Waals surface area (Å²) in [6.45, 7) is 2.74. The van der Waals surface area contributed by atoms with Gasteiger partial charge in [0.15, 0.2) is 0 Å². The summed E-state index contributed by atoms with van der Waals surface area (Å²) in [6, 6.07) is 23.2. The fraction of sp³-hybridized carbons (Fsp3) is 0.148. The van der Waals surface area contributed by atoms with E-state index < -0.39 is 11.2 Å². The van der Waals surface area contributed by atoms with Crippen molar-refractivity contribution in [2.75, 3.05) is 10.6 Å². The number of oxazole rings is 1. The van der Waals surface area contributed by atoms with Crippen molar-refractivity contribution in [2.45, 2.75) is 26.6 Å². The van der Waals surface area contributed by atoms with Gasteiger partial charge in [-0.1, -0.05) is 66.7 Å². The van der Waals surface area contributed by atoms with Crippen molar-refractivity contribution in [1.29, 1.82) is 0 Å². The maximum absolute atomic E-state index is 13.1. The maximum Gasteiger partial charge on any atom is 0.330 e. The highest BCUT2D eigenvalue weighted by molar-refractivity contribution is 7.13. The lowest BCUT2D eigenvalue weighted by Crippen LogP contribution is -2.38. The molecule has 36 heavy (non-hydrogen) atoms. The van der Waals surface area contributed by atoms with E-state index in [4.69, 9.17) is 15.1 Å². The van der Waals surface area contributed by atoms with E-state index in [1.165, 1.54) is 4.57 Å². The van der Waals surface area contributed by atoms with Gasteiger partial charge in [-0.15, -0.1) is 11.3 Å². The first-order valence-corrected chi connectivity index (χ1v) is 12.3. The third-order valence-corrected chi connectivity index (χ3v) is 6.75. The number of nitrogens with one attached hydrogen (secondary N) is 1. The van der Waals surface area contributed by atoms with Crippen molar-refractivity contribution in [3.63, 3.8) is 0 Å². The fourth-order valence-electron chi connectivity index (χ4n) is 4.08. The standard InChI is InChI=1S/C27H25N5O3S/c1-18-21(29-26(35-18)22-13-8-14-36-22)17-31(15-19-9-4-2-5-10-19)23-24(28)32(27(34)30-25(23)33)16-20-11-6-3-7-12-20/h2-14H,15-17,28H2,1H3,(H,30,33,34). The minimum atomic E-state index is -0.553. The van der Waals surface area contributed by atoms with Crippen LogP contribution in [-0.2, 0) is 19.6 Å². The number of hydrogen-bond donors (Lipinski definition) is 2. The molecule has 0 radical (unpaired) electrons. The SMILES string of the molecule is Cc1oc(-c2cccs2)nc1CN(Cc1ccccc1)c1c(N)n(Cc2ccccc2)c(=O)[nH]c1=O. The summed E-state index contributed by atoms with van der Waals surface area (Å²) >= 11 is 1.54. The number of aryl methyl sites for hydroxylation is 1. The fourth-order valence-corrected chi connectivity index (χ4v) is 4.73. The Bertz CT molecular complexity index is 1570. The number of anilines is 2. The Morgan fingerprint density at radius 2 is 1.67 bits per heavy atom. The second kappa shape index (κ2) is 10.1. The van der Waals surface area contributed by atoms with Crippen LogP contribution in [0, 0.1) is 6.92 Å². The molecular formula is C27H25N5O3S. The highest BCUT2D eigenvalue weighted by atomic mass is 32.1. The average molecular weight is 500 g/mol. The molecule has 0 spiro atoms. The number of H-pyrrole nitrogens is 1. The predicted octanol–water partition coefficient (Wildman–Crippen LogP) is 4.40. The number of nitrogens with zero attached hydrogens (tertiary/aromatic N) is 3. The molecule has 0 saturated heterocycles. The van der Waals surface area contributed by atoms with E-state index in [0.717, 1.165) is 16.0 Å². The summed E-state index contributed by atoms with van der Waals surface area (Å²) in [4.78, 5) is 35.8. The molecule has 0 unspecified atom stereocenters. The monoisotopic (exact) mass is 499 g/mol. The zero-order chi connectivity index (χ0) is 25.1. The van der Waals surface area contributed by atoms with Gasteiger partial charge < -0.3 is 15.1 Å². The molecule has 9 heteroatoms. The quantitative estimate of drug-likeness (QED) is 0.327. The molecule has 0 aliphatic heterocycles. The van der Waals surface area contributed by atoms with Crippen molar-refractivity contribution in [3.05, 3.63) is 122 Å². The number of thiophene rings is 1. The van der Waals surface area contributed by atoms with Gasteiger partial charge in [-0.3, -0.25) is 14.3 Å². The number of nitrogen functional groups attached to an aromatic ring is 1. The topological polar surface area (TPSA) is 110 Å². The van der Waals surface area contributed by atoms with Gasteiger partial charge in [0.05, 0.1) is 18.0 Å². The molecule has 5 rings (SSSR count). The molecule has 3 N–H and O–H groups in total. The van der Waals surface area contributed by atoms with Crippen LogP contribution in [-0.4, -0.2) is 14.5 Å². The lowest BCUT2D eigenvalue weighted by atomic mass is 10.2. The Kier molecular flexibility index (Phi) is 6.55. The van der Waals surface area contributed by atoms with E-state index in [1.807, 2.05) is 90.0 Å². The molecule has 0 fully saturated rings. The van der Waals surface area contributed by atoms with Gasteiger partial charge in [-0.2, -0.15) is 0 Å². The minimum absolute atomic E-state index is 0.100. The summed E-state index contributed by atoms with van der Waals surface area (Å²) in [7, 11) is 0. The number of hydrogen-bond acceptors (Lipinski definition) is 7. The molecule has 0 amide bonds. The van der Waals surface area contributed by atoms with Crippen LogP contribution in [0.4, 0.5) is 11.5 Å². The van der Waals surface area contributed by atoms with Gasteiger partial charge in [0.2, 0.25) is 5.89 Å². The molecule has 182 valence electrons. The van der Waals surface area contributed by atoms with E-state index in [2.05, 4.69) is 4.98 Å². The van der Waals surface area contributed by atoms with Gasteiger partial charge in [-0.05, 0) is 29.5 Å². The van der Waals surface area contributed by atoms with E-state index in [9.17, 15) is 9.59 Å². The normalized spacial score (nSPS) is 11.0. The molecule has 8 nitrogen and oxygen atoms in total. The highest BCUT2D eigenvalue weighted by Crippen LogP contribution is 2.28. The molecular weight excluding hydrogens is 474 g/mol. The summed E-state index contributed by atoms with van der Waals surface area (Å²) in [5.41, 5.74) is 8.21. The lowest BCUT2D eigenvalue weighted by Gasteiger charge is -2.26. The lowest BCUT2D eigenvalue weighted by molar-refractivity contribution is 0.539. The van der Waals surface area contributed by atoms with Crippen LogP contribution < -0.4 is 21.9 Å². The van der Waals surface area contributed by atoms with Gasteiger partial charge in [0.25, 0.3) is 5.56 Å². The Hall–Kier alpha value is -4.37. The maximum atomic E-state index is 13.1. The smallest absolute Gasteiger partial charge is 0.330 e. The van der Waals surface area contributed by atoms with Gasteiger partial charge in [-0.25, -0.2) is 9.78 Å². The van der Waals surface area contributed by atoms with Crippen LogP contribution >= 0.6 is 11.3 Å². The van der Waals surface area contributed by atoms with Gasteiger partial charge in [0, 0.05) is 6.54 Å². The molecule has 5 aromatic rings. The average Bonchev–Trinajstić information content (AvgIpc) is 3.53. The van der Waals surface area contributed by atoms with Gasteiger partial charge in [0.1, 0.15) is 23.0 Å². The first-order chi connectivity index (χ1) is 17.5.